The lowest BCUT2D eigenvalue weighted by molar-refractivity contribution is 0.429. The van der Waals surface area contributed by atoms with Crippen molar-refractivity contribution in [3.8, 4) is 17.0 Å². The van der Waals surface area contributed by atoms with Crippen molar-refractivity contribution in [3.63, 3.8) is 0 Å². The Bertz CT molecular complexity index is 628. The lowest BCUT2D eigenvalue weighted by Crippen LogP contribution is -2.01. The van der Waals surface area contributed by atoms with Crippen LogP contribution in [0.15, 0.2) is 30.5 Å². The lowest BCUT2D eigenvalue weighted by atomic mass is 10.1. The second-order valence-corrected chi connectivity index (χ2v) is 4.74. The molecule has 0 aliphatic heterocycles. The zero-order valence-electron chi connectivity index (χ0n) is 9.98. The average Bonchev–Trinajstić information content (AvgIpc) is 3.13. The summed E-state index contributed by atoms with van der Waals surface area (Å²) in [6.07, 6.45) is 2.49. The molecule has 0 amide bonds. The van der Waals surface area contributed by atoms with E-state index in [1.807, 2.05) is 0 Å². The van der Waals surface area contributed by atoms with E-state index in [-0.39, 0.29) is 17.3 Å². The predicted octanol–water partition coefficient (Wildman–Crippen LogP) is 2.55. The predicted molar refractivity (Wildman–Crippen MR) is 66.6 cm³/mol. The van der Waals surface area contributed by atoms with Gasteiger partial charge in [-0.05, 0) is 30.2 Å². The largest absolute Gasteiger partial charge is 0.505 e. The Hall–Kier alpha value is -2.01. The van der Waals surface area contributed by atoms with E-state index in [0.29, 0.717) is 5.92 Å². The molecule has 3 N–H and O–H groups in total. The molecule has 1 saturated carbocycles. The third-order valence-corrected chi connectivity index (χ3v) is 3.38. The van der Waals surface area contributed by atoms with Gasteiger partial charge < -0.3 is 10.8 Å². The van der Waals surface area contributed by atoms with Crippen LogP contribution in [0.25, 0.3) is 11.3 Å². The van der Waals surface area contributed by atoms with E-state index in [1.165, 1.54) is 0 Å². The Balaban J connectivity index is 2.01. The van der Waals surface area contributed by atoms with E-state index in [4.69, 9.17) is 5.73 Å². The van der Waals surface area contributed by atoms with Crippen molar-refractivity contribution in [2.45, 2.75) is 18.4 Å². The first-order valence-electron chi connectivity index (χ1n) is 5.97. The molecule has 1 aliphatic carbocycles. The lowest BCUT2D eigenvalue weighted by Gasteiger charge is -2.07. The number of aromatic hydroxyl groups is 1. The fourth-order valence-electron chi connectivity index (χ4n) is 2.15. The quantitative estimate of drug-likeness (QED) is 0.874. The van der Waals surface area contributed by atoms with Gasteiger partial charge in [0.25, 0.3) is 0 Å². The first-order chi connectivity index (χ1) is 9.08. The molecule has 1 heterocycles. The first kappa shape index (κ1) is 12.0. The number of hydrogen-bond donors (Lipinski definition) is 2. The van der Waals surface area contributed by atoms with Gasteiger partial charge in [0.2, 0.25) is 0 Å². The molecule has 1 unspecified atom stereocenters. The van der Waals surface area contributed by atoms with Crippen LogP contribution in [0.1, 0.15) is 17.9 Å². The smallest absolute Gasteiger partial charge is 0.177 e. The van der Waals surface area contributed by atoms with E-state index in [9.17, 15) is 13.9 Å². The summed E-state index contributed by atoms with van der Waals surface area (Å²) < 4.78 is 27.4. The van der Waals surface area contributed by atoms with Crippen molar-refractivity contribution in [2.75, 3.05) is 0 Å². The first-order valence-corrected chi connectivity index (χ1v) is 5.97. The number of rotatable bonds is 2. The molecule has 0 radical (unpaired) electrons. The summed E-state index contributed by atoms with van der Waals surface area (Å²) in [6.45, 7) is 0. The summed E-state index contributed by atoms with van der Waals surface area (Å²) in [5, 5.41) is 9.29. The van der Waals surface area contributed by atoms with Gasteiger partial charge in [0.05, 0.1) is 11.3 Å². The van der Waals surface area contributed by atoms with Crippen LogP contribution in [-0.4, -0.2) is 16.1 Å². The summed E-state index contributed by atoms with van der Waals surface area (Å²) >= 11 is 0. The van der Waals surface area contributed by atoms with Crippen molar-refractivity contribution in [3.05, 3.63) is 47.7 Å². The SMILES string of the molecule is N[C@H]1CC1c1ccc(-c2c(F)ccc(O)c2F)nc1. The summed E-state index contributed by atoms with van der Waals surface area (Å²) in [5.41, 5.74) is 6.55. The summed E-state index contributed by atoms with van der Waals surface area (Å²) in [5.74, 6) is -2.05. The molecule has 19 heavy (non-hydrogen) atoms. The normalized spacial score (nSPS) is 21.4. The van der Waals surface area contributed by atoms with Gasteiger partial charge >= 0.3 is 0 Å². The van der Waals surface area contributed by atoms with Crippen molar-refractivity contribution in [1.82, 2.24) is 4.98 Å². The molecule has 2 atom stereocenters. The van der Waals surface area contributed by atoms with Crippen LogP contribution < -0.4 is 5.73 Å². The molecule has 1 fully saturated rings. The van der Waals surface area contributed by atoms with E-state index >= 15 is 0 Å². The maximum atomic E-state index is 13.7. The Morgan fingerprint density at radius 3 is 2.53 bits per heavy atom. The molecular weight excluding hydrogens is 250 g/mol. The summed E-state index contributed by atoms with van der Waals surface area (Å²) in [4.78, 5) is 4.06. The Labute approximate surface area is 108 Å². The molecule has 98 valence electrons. The van der Waals surface area contributed by atoms with Gasteiger partial charge in [-0.1, -0.05) is 6.07 Å². The van der Waals surface area contributed by atoms with Gasteiger partial charge in [0, 0.05) is 18.2 Å². The molecule has 3 rings (SSSR count). The summed E-state index contributed by atoms with van der Waals surface area (Å²) in [6, 6.07) is 5.46. The molecule has 0 saturated heterocycles. The molecule has 1 aromatic carbocycles. The van der Waals surface area contributed by atoms with Crippen LogP contribution in [0, 0.1) is 11.6 Å². The third-order valence-electron chi connectivity index (χ3n) is 3.38. The van der Waals surface area contributed by atoms with Crippen LogP contribution in [0.5, 0.6) is 5.75 Å². The van der Waals surface area contributed by atoms with Gasteiger partial charge in [0.1, 0.15) is 5.82 Å². The monoisotopic (exact) mass is 262 g/mol. The Morgan fingerprint density at radius 1 is 1.21 bits per heavy atom. The minimum absolute atomic E-state index is 0.155. The number of pyridine rings is 1. The van der Waals surface area contributed by atoms with E-state index in [1.54, 1.807) is 18.3 Å². The molecule has 3 nitrogen and oxygen atoms in total. The number of nitrogens with two attached hydrogens (primary N) is 1. The highest BCUT2D eigenvalue weighted by molar-refractivity contribution is 5.63. The van der Waals surface area contributed by atoms with Crippen LogP contribution in [-0.2, 0) is 0 Å². The standard InChI is InChI=1S/C14H12F2N2O/c15-9-2-4-12(19)14(16)13(9)11-3-1-7(6-18-11)8-5-10(8)17/h1-4,6,8,10,19H,5,17H2/t8?,10-/m0/s1. The highest BCUT2D eigenvalue weighted by Crippen LogP contribution is 2.39. The fourth-order valence-corrected chi connectivity index (χ4v) is 2.15. The van der Waals surface area contributed by atoms with Gasteiger partial charge in [-0.15, -0.1) is 0 Å². The Morgan fingerprint density at radius 2 is 1.95 bits per heavy atom. The minimum atomic E-state index is -0.997. The zero-order chi connectivity index (χ0) is 13.6. The van der Waals surface area contributed by atoms with Crippen LogP contribution in [0.2, 0.25) is 0 Å². The number of benzene rings is 1. The number of phenols is 1. The number of aromatic nitrogens is 1. The van der Waals surface area contributed by atoms with Gasteiger partial charge in [-0.25, -0.2) is 8.78 Å². The van der Waals surface area contributed by atoms with Crippen molar-refractivity contribution in [1.29, 1.82) is 0 Å². The highest BCUT2D eigenvalue weighted by Gasteiger charge is 2.35. The van der Waals surface area contributed by atoms with Crippen molar-refractivity contribution in [2.24, 2.45) is 5.73 Å². The molecule has 1 aliphatic rings. The van der Waals surface area contributed by atoms with Gasteiger partial charge in [-0.3, -0.25) is 4.98 Å². The second-order valence-electron chi connectivity index (χ2n) is 4.74. The van der Waals surface area contributed by atoms with Gasteiger partial charge in [0.15, 0.2) is 11.6 Å². The van der Waals surface area contributed by atoms with Crippen molar-refractivity contribution < 1.29 is 13.9 Å². The van der Waals surface area contributed by atoms with E-state index in [0.717, 1.165) is 24.1 Å². The second kappa shape index (κ2) is 4.28. The average molecular weight is 262 g/mol. The molecular formula is C14H12F2N2O. The number of phenolic OH excluding ortho intramolecular Hbond substituents is 1. The number of hydrogen-bond acceptors (Lipinski definition) is 3. The maximum Gasteiger partial charge on any atom is 0.177 e. The molecule has 1 aromatic heterocycles. The molecule has 2 aromatic rings. The zero-order valence-corrected chi connectivity index (χ0v) is 9.98. The van der Waals surface area contributed by atoms with Crippen molar-refractivity contribution >= 4 is 0 Å². The topological polar surface area (TPSA) is 59.1 Å². The number of halogens is 2. The van der Waals surface area contributed by atoms with Crippen LogP contribution >= 0.6 is 0 Å². The minimum Gasteiger partial charge on any atom is -0.505 e. The molecule has 5 heteroatoms. The highest BCUT2D eigenvalue weighted by atomic mass is 19.1. The molecule has 0 spiro atoms. The Kier molecular flexibility index (Phi) is 2.71. The van der Waals surface area contributed by atoms with E-state index < -0.39 is 17.4 Å². The van der Waals surface area contributed by atoms with Crippen LogP contribution in [0.3, 0.4) is 0 Å². The van der Waals surface area contributed by atoms with Gasteiger partial charge in [-0.2, -0.15) is 0 Å². The van der Waals surface area contributed by atoms with Crippen LogP contribution in [0.4, 0.5) is 8.78 Å². The fraction of sp³-hybridized carbons (Fsp3) is 0.214. The third kappa shape index (κ3) is 2.06. The maximum absolute atomic E-state index is 13.7. The molecule has 0 bridgehead atoms. The van der Waals surface area contributed by atoms with E-state index in [2.05, 4.69) is 4.98 Å². The summed E-state index contributed by atoms with van der Waals surface area (Å²) in [7, 11) is 0. The number of nitrogens with zero attached hydrogens (tertiary/aromatic N) is 1.